The molecule has 1 aliphatic rings. The SMILES string of the molecule is CCN(CC)C(=O)C1CCCN(Cc2cccc(NC(=O)Nc3csc(-c4ccncc4)n3)n2)C1. The van der Waals surface area contributed by atoms with Gasteiger partial charge in [-0.25, -0.2) is 14.8 Å². The number of nitrogens with one attached hydrogen (secondary N) is 2. The van der Waals surface area contributed by atoms with E-state index in [0.717, 1.165) is 55.3 Å². The number of thiazole rings is 1. The van der Waals surface area contributed by atoms with E-state index in [4.69, 9.17) is 0 Å². The third-order valence-corrected chi connectivity index (χ3v) is 6.93. The van der Waals surface area contributed by atoms with E-state index >= 15 is 0 Å². The summed E-state index contributed by atoms with van der Waals surface area (Å²) >= 11 is 1.45. The second kappa shape index (κ2) is 11.9. The molecule has 0 saturated carbocycles. The molecule has 0 aliphatic carbocycles. The maximum atomic E-state index is 12.8. The standard InChI is InChI=1S/C25H31N7O2S/c1-3-32(4-2)24(33)19-7-6-14-31(15-19)16-20-8-5-9-21(27-20)29-25(34)30-22-17-35-23(28-22)18-10-12-26-13-11-18/h5,8-13,17,19H,3-4,6-7,14-16H2,1-2H3,(H2,27,29,30,34). The number of nitrogens with zero attached hydrogens (tertiary/aromatic N) is 5. The van der Waals surface area contributed by atoms with Crippen molar-refractivity contribution in [3.8, 4) is 10.6 Å². The van der Waals surface area contributed by atoms with Gasteiger partial charge in [-0.3, -0.25) is 25.3 Å². The van der Waals surface area contributed by atoms with E-state index in [-0.39, 0.29) is 11.8 Å². The zero-order chi connectivity index (χ0) is 24.6. The van der Waals surface area contributed by atoms with Crippen LogP contribution in [0.5, 0.6) is 0 Å². The van der Waals surface area contributed by atoms with Gasteiger partial charge in [-0.1, -0.05) is 6.07 Å². The van der Waals surface area contributed by atoms with Gasteiger partial charge in [0.25, 0.3) is 0 Å². The Labute approximate surface area is 209 Å². The predicted molar refractivity (Wildman–Crippen MR) is 138 cm³/mol. The Morgan fingerprint density at radius 2 is 1.86 bits per heavy atom. The lowest BCUT2D eigenvalue weighted by Gasteiger charge is -2.34. The van der Waals surface area contributed by atoms with E-state index in [2.05, 4.69) is 30.5 Å². The van der Waals surface area contributed by atoms with Crippen LogP contribution in [0.4, 0.5) is 16.4 Å². The molecule has 35 heavy (non-hydrogen) atoms. The van der Waals surface area contributed by atoms with Crippen LogP contribution in [0, 0.1) is 5.92 Å². The van der Waals surface area contributed by atoms with Crippen LogP contribution >= 0.6 is 11.3 Å². The summed E-state index contributed by atoms with van der Waals surface area (Å²) in [5, 5.41) is 8.16. The number of anilines is 2. The molecular formula is C25H31N7O2S. The van der Waals surface area contributed by atoms with Gasteiger partial charge in [-0.15, -0.1) is 11.3 Å². The van der Waals surface area contributed by atoms with E-state index in [0.29, 0.717) is 18.2 Å². The summed E-state index contributed by atoms with van der Waals surface area (Å²) in [5.74, 6) is 1.23. The van der Waals surface area contributed by atoms with Gasteiger partial charge in [0.05, 0.1) is 11.6 Å². The number of pyridine rings is 2. The minimum absolute atomic E-state index is 0.0332. The van der Waals surface area contributed by atoms with Crippen molar-refractivity contribution in [1.82, 2.24) is 24.8 Å². The maximum absolute atomic E-state index is 12.8. The Hall–Kier alpha value is -3.37. The first-order valence-corrected chi connectivity index (χ1v) is 12.8. The Morgan fingerprint density at radius 1 is 1.09 bits per heavy atom. The van der Waals surface area contributed by atoms with Gasteiger partial charge in [-0.05, 0) is 57.5 Å². The van der Waals surface area contributed by atoms with Crippen molar-refractivity contribution in [1.29, 1.82) is 0 Å². The van der Waals surface area contributed by atoms with Gasteiger partial charge in [0, 0.05) is 49.5 Å². The van der Waals surface area contributed by atoms with Crippen molar-refractivity contribution in [3.63, 3.8) is 0 Å². The third-order valence-electron chi connectivity index (χ3n) is 6.04. The summed E-state index contributed by atoms with van der Waals surface area (Å²) in [5.41, 5.74) is 1.80. The van der Waals surface area contributed by atoms with E-state index in [9.17, 15) is 9.59 Å². The highest BCUT2D eigenvalue weighted by Gasteiger charge is 2.28. The molecule has 184 valence electrons. The Bertz CT molecular complexity index is 1130. The molecule has 2 N–H and O–H groups in total. The number of urea groups is 1. The highest BCUT2D eigenvalue weighted by atomic mass is 32.1. The molecule has 0 spiro atoms. The molecule has 4 heterocycles. The van der Waals surface area contributed by atoms with Crippen LogP contribution in [-0.2, 0) is 11.3 Å². The molecule has 4 rings (SSSR count). The molecule has 9 nitrogen and oxygen atoms in total. The molecule has 1 fully saturated rings. The summed E-state index contributed by atoms with van der Waals surface area (Å²) in [7, 11) is 0. The Morgan fingerprint density at radius 3 is 2.63 bits per heavy atom. The topological polar surface area (TPSA) is 103 Å². The molecule has 1 unspecified atom stereocenters. The number of aromatic nitrogens is 3. The third kappa shape index (κ3) is 6.61. The lowest BCUT2D eigenvalue weighted by atomic mass is 9.96. The molecule has 1 atom stereocenters. The molecule has 3 aromatic rings. The summed E-state index contributed by atoms with van der Waals surface area (Å²) in [6.45, 7) is 7.85. The van der Waals surface area contributed by atoms with Crippen LogP contribution in [0.1, 0.15) is 32.4 Å². The van der Waals surface area contributed by atoms with Crippen LogP contribution in [0.25, 0.3) is 10.6 Å². The monoisotopic (exact) mass is 493 g/mol. The van der Waals surface area contributed by atoms with Gasteiger partial charge in [-0.2, -0.15) is 0 Å². The van der Waals surface area contributed by atoms with Crippen molar-refractivity contribution in [2.24, 2.45) is 5.92 Å². The molecule has 0 radical (unpaired) electrons. The van der Waals surface area contributed by atoms with Crippen LogP contribution in [0.3, 0.4) is 0 Å². The van der Waals surface area contributed by atoms with Crippen LogP contribution < -0.4 is 10.6 Å². The van der Waals surface area contributed by atoms with Crippen LogP contribution in [-0.4, -0.2) is 62.9 Å². The van der Waals surface area contributed by atoms with Crippen molar-refractivity contribution in [2.75, 3.05) is 36.8 Å². The Kier molecular flexibility index (Phi) is 8.38. The molecule has 1 aliphatic heterocycles. The quantitative estimate of drug-likeness (QED) is 0.484. The summed E-state index contributed by atoms with van der Waals surface area (Å²) in [4.78, 5) is 42.6. The summed E-state index contributed by atoms with van der Waals surface area (Å²) in [6, 6.07) is 8.94. The average molecular weight is 494 g/mol. The first kappa shape index (κ1) is 24.7. The van der Waals surface area contributed by atoms with Gasteiger partial charge < -0.3 is 4.90 Å². The number of hydrogen-bond acceptors (Lipinski definition) is 7. The average Bonchev–Trinajstić information content (AvgIpc) is 3.34. The number of carbonyl (C=O) groups is 2. The van der Waals surface area contributed by atoms with Crippen molar-refractivity contribution in [3.05, 3.63) is 53.8 Å². The molecule has 3 aromatic heterocycles. The van der Waals surface area contributed by atoms with Crippen molar-refractivity contribution >= 4 is 34.9 Å². The van der Waals surface area contributed by atoms with E-state index in [1.165, 1.54) is 11.3 Å². The largest absolute Gasteiger partial charge is 0.343 e. The number of likely N-dealkylation sites (tertiary alicyclic amines) is 1. The summed E-state index contributed by atoms with van der Waals surface area (Å²) in [6.07, 6.45) is 5.35. The summed E-state index contributed by atoms with van der Waals surface area (Å²) < 4.78 is 0. The van der Waals surface area contributed by atoms with Crippen LogP contribution in [0.15, 0.2) is 48.1 Å². The zero-order valence-electron chi connectivity index (χ0n) is 20.1. The number of amides is 3. The van der Waals surface area contributed by atoms with Crippen molar-refractivity contribution in [2.45, 2.75) is 33.2 Å². The number of rotatable bonds is 8. The fourth-order valence-electron chi connectivity index (χ4n) is 4.28. The lowest BCUT2D eigenvalue weighted by molar-refractivity contribution is -0.137. The first-order chi connectivity index (χ1) is 17.1. The fraction of sp³-hybridized carbons (Fsp3) is 0.400. The normalized spacial score (nSPS) is 16.0. The fourth-order valence-corrected chi connectivity index (χ4v) is 5.04. The molecule has 0 bridgehead atoms. The minimum Gasteiger partial charge on any atom is -0.343 e. The zero-order valence-corrected chi connectivity index (χ0v) is 20.9. The van der Waals surface area contributed by atoms with E-state index < -0.39 is 6.03 Å². The minimum atomic E-state index is -0.399. The number of carbonyl (C=O) groups excluding carboxylic acids is 2. The molecule has 10 heteroatoms. The molecule has 3 amide bonds. The number of piperidine rings is 1. The second-order valence-electron chi connectivity index (χ2n) is 8.45. The molecule has 0 aromatic carbocycles. The van der Waals surface area contributed by atoms with Gasteiger partial charge in [0.2, 0.25) is 5.91 Å². The smallest absolute Gasteiger partial charge is 0.326 e. The van der Waals surface area contributed by atoms with Crippen LogP contribution in [0.2, 0.25) is 0 Å². The highest BCUT2D eigenvalue weighted by molar-refractivity contribution is 7.13. The Balaban J connectivity index is 1.32. The van der Waals surface area contributed by atoms with E-state index in [1.807, 2.05) is 43.0 Å². The van der Waals surface area contributed by atoms with Crippen molar-refractivity contribution < 1.29 is 9.59 Å². The van der Waals surface area contributed by atoms with Gasteiger partial charge in [0.1, 0.15) is 16.6 Å². The van der Waals surface area contributed by atoms with Gasteiger partial charge >= 0.3 is 6.03 Å². The van der Waals surface area contributed by atoms with Gasteiger partial charge in [0.15, 0.2) is 0 Å². The second-order valence-corrected chi connectivity index (χ2v) is 9.31. The predicted octanol–water partition coefficient (Wildman–Crippen LogP) is 4.32. The lowest BCUT2D eigenvalue weighted by Crippen LogP contribution is -2.44. The highest BCUT2D eigenvalue weighted by Crippen LogP contribution is 2.25. The number of hydrogen-bond donors (Lipinski definition) is 2. The maximum Gasteiger partial charge on any atom is 0.326 e. The molecule has 1 saturated heterocycles. The first-order valence-electron chi connectivity index (χ1n) is 12.0. The van der Waals surface area contributed by atoms with E-state index in [1.54, 1.807) is 23.8 Å². The molecular weight excluding hydrogens is 462 g/mol.